The summed E-state index contributed by atoms with van der Waals surface area (Å²) in [4.78, 5) is 0. The number of aryl methyl sites for hydroxylation is 2. The second kappa shape index (κ2) is 21.8. The van der Waals surface area contributed by atoms with Gasteiger partial charge in [-0.25, -0.2) is 4.70 Å². The molecular formula is C43H62N2. The van der Waals surface area contributed by atoms with Crippen LogP contribution in [-0.4, -0.2) is 4.70 Å². The molecule has 2 heteroatoms. The molecule has 1 aliphatic rings. The van der Waals surface area contributed by atoms with Gasteiger partial charge in [0.05, 0.1) is 0 Å². The first-order valence-corrected chi connectivity index (χ1v) is 18.8. The SMILES string of the molecule is CCCCCCCCCC#CC1=C(c2ccc(CCCCCCCC)cc2)[N+](=[N-])C(c2ccc(CCCC)cc2)=C1CCCC. The van der Waals surface area contributed by atoms with E-state index in [0.717, 1.165) is 73.0 Å². The van der Waals surface area contributed by atoms with E-state index in [-0.39, 0.29) is 0 Å². The van der Waals surface area contributed by atoms with Crippen LogP contribution >= 0.6 is 0 Å². The van der Waals surface area contributed by atoms with E-state index in [0.29, 0.717) is 0 Å². The minimum absolute atomic E-state index is 0.851. The minimum Gasteiger partial charge on any atom is -0.493 e. The first-order chi connectivity index (χ1) is 22.1. The Morgan fingerprint density at radius 1 is 0.489 bits per heavy atom. The number of nitrogens with zero attached hydrogens (tertiary/aromatic N) is 2. The minimum atomic E-state index is 0.851. The highest BCUT2D eigenvalue weighted by Crippen LogP contribution is 2.42. The maximum absolute atomic E-state index is 11.9. The summed E-state index contributed by atoms with van der Waals surface area (Å²) in [5, 5.41) is 0. The molecule has 0 spiro atoms. The molecule has 0 saturated heterocycles. The molecule has 2 aromatic rings. The largest absolute Gasteiger partial charge is 0.493 e. The Morgan fingerprint density at radius 2 is 0.933 bits per heavy atom. The fraction of sp³-hybridized carbons (Fsp3) is 0.581. The number of hydrogen-bond acceptors (Lipinski definition) is 0. The van der Waals surface area contributed by atoms with E-state index in [1.807, 2.05) is 0 Å². The zero-order valence-electron chi connectivity index (χ0n) is 29.4. The van der Waals surface area contributed by atoms with E-state index in [2.05, 4.69) is 88.1 Å². The molecule has 0 aromatic heterocycles. The summed E-state index contributed by atoms with van der Waals surface area (Å²) in [5.41, 5.74) is 20.8. The summed E-state index contributed by atoms with van der Waals surface area (Å²) in [7, 11) is 0. The van der Waals surface area contributed by atoms with Gasteiger partial charge in [0.1, 0.15) is 5.57 Å². The summed E-state index contributed by atoms with van der Waals surface area (Å²) in [6.45, 7) is 9.04. The van der Waals surface area contributed by atoms with Crippen molar-refractivity contribution < 1.29 is 4.70 Å². The smallest absolute Gasteiger partial charge is 0.223 e. The highest BCUT2D eigenvalue weighted by Gasteiger charge is 2.35. The maximum Gasteiger partial charge on any atom is 0.223 e. The normalized spacial score (nSPS) is 13.1. The van der Waals surface area contributed by atoms with Crippen LogP contribution < -0.4 is 0 Å². The van der Waals surface area contributed by atoms with E-state index in [1.54, 1.807) is 0 Å². The van der Waals surface area contributed by atoms with Gasteiger partial charge in [-0.05, 0) is 80.3 Å². The van der Waals surface area contributed by atoms with Gasteiger partial charge in [-0.2, -0.15) is 0 Å². The molecule has 244 valence electrons. The Labute approximate surface area is 277 Å². The van der Waals surface area contributed by atoms with Crippen molar-refractivity contribution in [1.82, 2.24) is 0 Å². The molecule has 0 saturated carbocycles. The Hall–Kier alpha value is -2.92. The van der Waals surface area contributed by atoms with E-state index in [1.165, 1.54) is 111 Å². The molecule has 3 rings (SSSR count). The van der Waals surface area contributed by atoms with Crippen LogP contribution in [0, 0.1) is 11.8 Å². The lowest BCUT2D eigenvalue weighted by Crippen LogP contribution is -2.03. The molecule has 0 bridgehead atoms. The van der Waals surface area contributed by atoms with Crippen LogP contribution in [-0.2, 0) is 12.8 Å². The van der Waals surface area contributed by atoms with Crippen molar-refractivity contribution in [3.8, 4) is 11.8 Å². The molecule has 1 heterocycles. The quantitative estimate of drug-likeness (QED) is 0.0724. The standard InChI is InChI=1S/C43H62N2/c1-5-9-13-15-17-18-19-21-23-27-41-40(26-12-8-4)42(38-32-28-36(29-33-38)24-11-7-3)45(44)43(41)39-34-30-37(31-35-39)25-22-20-16-14-10-6-2/h28-35H,5-22,24-26H2,1-4H3. The lowest BCUT2D eigenvalue weighted by Gasteiger charge is -2.10. The average Bonchev–Trinajstić information content (AvgIpc) is 3.34. The summed E-state index contributed by atoms with van der Waals surface area (Å²) in [5.74, 6) is 7.15. The molecule has 0 aliphatic carbocycles. The fourth-order valence-electron chi connectivity index (χ4n) is 6.37. The lowest BCUT2D eigenvalue weighted by molar-refractivity contribution is -0.345. The first-order valence-electron chi connectivity index (χ1n) is 18.8. The van der Waals surface area contributed by atoms with Crippen molar-refractivity contribution in [1.29, 1.82) is 0 Å². The summed E-state index contributed by atoms with van der Waals surface area (Å²) in [6, 6.07) is 17.8. The van der Waals surface area contributed by atoms with E-state index in [4.69, 9.17) is 0 Å². The van der Waals surface area contributed by atoms with Crippen molar-refractivity contribution in [3.63, 3.8) is 0 Å². The number of unbranched alkanes of at least 4 members (excludes halogenated alkanes) is 14. The third-order valence-electron chi connectivity index (χ3n) is 9.24. The van der Waals surface area contributed by atoms with Gasteiger partial charge in [0.15, 0.2) is 0 Å². The van der Waals surface area contributed by atoms with Gasteiger partial charge in [-0.1, -0.05) is 147 Å². The summed E-state index contributed by atoms with van der Waals surface area (Å²) >= 11 is 0. The van der Waals surface area contributed by atoms with E-state index >= 15 is 0 Å². The van der Waals surface area contributed by atoms with Crippen LogP contribution in [0.25, 0.3) is 16.9 Å². The van der Waals surface area contributed by atoms with Gasteiger partial charge in [0, 0.05) is 23.1 Å². The average molecular weight is 607 g/mol. The molecule has 0 amide bonds. The van der Waals surface area contributed by atoms with E-state index < -0.39 is 0 Å². The number of allylic oxidation sites excluding steroid dienone is 2. The van der Waals surface area contributed by atoms with Crippen LogP contribution in [0.5, 0.6) is 0 Å². The van der Waals surface area contributed by atoms with E-state index in [9.17, 15) is 5.53 Å². The second-order valence-corrected chi connectivity index (χ2v) is 13.2. The van der Waals surface area contributed by atoms with Crippen molar-refractivity contribution in [2.45, 2.75) is 163 Å². The molecule has 1 aliphatic heterocycles. The van der Waals surface area contributed by atoms with Crippen molar-refractivity contribution >= 4 is 11.4 Å². The third-order valence-corrected chi connectivity index (χ3v) is 9.24. The topological polar surface area (TPSA) is 25.3 Å². The van der Waals surface area contributed by atoms with Gasteiger partial charge in [0.2, 0.25) is 11.4 Å². The molecule has 0 radical (unpaired) electrons. The molecule has 45 heavy (non-hydrogen) atoms. The predicted molar refractivity (Wildman–Crippen MR) is 196 cm³/mol. The molecule has 0 atom stereocenters. The van der Waals surface area contributed by atoms with Crippen molar-refractivity contribution in [2.75, 3.05) is 0 Å². The van der Waals surface area contributed by atoms with Gasteiger partial charge < -0.3 is 5.53 Å². The molecular weight excluding hydrogens is 544 g/mol. The van der Waals surface area contributed by atoms with Crippen LogP contribution in [0.2, 0.25) is 0 Å². The van der Waals surface area contributed by atoms with Gasteiger partial charge in [-0.15, -0.1) is 0 Å². The predicted octanol–water partition coefficient (Wildman–Crippen LogP) is 13.4. The van der Waals surface area contributed by atoms with Crippen LogP contribution in [0.4, 0.5) is 0 Å². The molecule has 0 N–H and O–H groups in total. The van der Waals surface area contributed by atoms with Gasteiger partial charge >= 0.3 is 0 Å². The monoisotopic (exact) mass is 606 g/mol. The molecule has 2 aromatic carbocycles. The van der Waals surface area contributed by atoms with Gasteiger partial charge in [-0.3, -0.25) is 0 Å². The summed E-state index contributed by atoms with van der Waals surface area (Å²) in [6.07, 6.45) is 25.6. The third kappa shape index (κ3) is 12.1. The number of hydrogen-bond donors (Lipinski definition) is 0. The summed E-state index contributed by atoms with van der Waals surface area (Å²) < 4.78 is 1.46. The highest BCUT2D eigenvalue weighted by atomic mass is 15.2. The number of benzene rings is 2. The van der Waals surface area contributed by atoms with Crippen molar-refractivity contribution in [3.05, 3.63) is 87.5 Å². The van der Waals surface area contributed by atoms with Crippen molar-refractivity contribution in [2.24, 2.45) is 0 Å². The van der Waals surface area contributed by atoms with Crippen LogP contribution in [0.15, 0.2) is 59.7 Å². The van der Waals surface area contributed by atoms with Gasteiger partial charge in [0.25, 0.3) is 0 Å². The Bertz CT molecular complexity index is 1260. The molecule has 0 fully saturated rings. The van der Waals surface area contributed by atoms with Crippen LogP contribution in [0.1, 0.15) is 172 Å². The first kappa shape index (κ1) is 36.5. The Balaban J connectivity index is 1.87. The zero-order valence-corrected chi connectivity index (χ0v) is 29.4. The maximum atomic E-state index is 11.9. The lowest BCUT2D eigenvalue weighted by atomic mass is 9.95. The van der Waals surface area contributed by atoms with Crippen LogP contribution in [0.3, 0.4) is 0 Å². The fourth-order valence-corrected chi connectivity index (χ4v) is 6.37. The molecule has 2 nitrogen and oxygen atoms in total. The Morgan fingerprint density at radius 3 is 1.49 bits per heavy atom. The zero-order chi connectivity index (χ0) is 32.1. The second-order valence-electron chi connectivity index (χ2n) is 13.2. The number of rotatable bonds is 22. The molecule has 0 unspecified atom stereocenters. The highest BCUT2D eigenvalue weighted by molar-refractivity contribution is 5.85. The Kier molecular flexibility index (Phi) is 17.7.